The Hall–Kier alpha value is -3.35. The van der Waals surface area contributed by atoms with E-state index in [4.69, 9.17) is 19.6 Å². The maximum Gasteiger partial charge on any atom is 0.290 e. The van der Waals surface area contributed by atoms with Crippen molar-refractivity contribution in [3.05, 3.63) is 88.6 Å². The summed E-state index contributed by atoms with van der Waals surface area (Å²) in [5, 5.41) is 9.37. The number of ether oxygens (including phenoxy) is 1. The maximum atomic E-state index is 8.36. The lowest BCUT2D eigenvalue weighted by Gasteiger charge is -2.29. The Bertz CT molecular complexity index is 1430. The van der Waals surface area contributed by atoms with Gasteiger partial charge in [-0.3, -0.25) is 4.79 Å². The van der Waals surface area contributed by atoms with Crippen molar-refractivity contribution in [1.29, 1.82) is 0 Å². The number of pyridine rings is 1. The van der Waals surface area contributed by atoms with Gasteiger partial charge in [0.05, 0.1) is 11.7 Å². The third-order valence-electron chi connectivity index (χ3n) is 6.39. The van der Waals surface area contributed by atoms with Gasteiger partial charge in [0.1, 0.15) is 5.82 Å². The summed E-state index contributed by atoms with van der Waals surface area (Å²) in [6.45, 7) is 16.8. The second-order valence-corrected chi connectivity index (χ2v) is 11.3. The third kappa shape index (κ3) is 7.15. The maximum absolute atomic E-state index is 8.36. The molecule has 1 aromatic heterocycles. The van der Waals surface area contributed by atoms with Crippen LogP contribution in [0.25, 0.3) is 21.9 Å². The number of fused-ring (bicyclic) bond motifs is 1. The van der Waals surface area contributed by atoms with Crippen LogP contribution in [0, 0.1) is 27.7 Å². The first-order chi connectivity index (χ1) is 17.9. The quantitative estimate of drug-likeness (QED) is 0.192. The lowest BCUT2D eigenvalue weighted by atomic mass is 9.90. The standard InChI is InChI=1S/C31H36N2OS.CH2O2/c1-19-13-14-26(17-20(19)2)29-22(4)32-30(21(3)28(29)23(5)34-31(6,7)8)33-35-27-16-15-24-11-9-10-12-25(24)18-27;2-1-3/h9-18,23H,1-8H3,(H,32,33);1H,(H,2,3). The second-order valence-electron chi connectivity index (χ2n) is 10.4. The topological polar surface area (TPSA) is 71.5 Å². The van der Waals surface area contributed by atoms with Gasteiger partial charge in [-0.25, -0.2) is 4.98 Å². The molecule has 0 bridgehead atoms. The fourth-order valence-electron chi connectivity index (χ4n) is 4.61. The van der Waals surface area contributed by atoms with Gasteiger partial charge in [-0.05, 0) is 118 Å². The number of aryl methyl sites for hydroxylation is 3. The first-order valence-electron chi connectivity index (χ1n) is 12.7. The molecule has 0 aliphatic carbocycles. The van der Waals surface area contributed by atoms with Gasteiger partial charge in [0.25, 0.3) is 6.47 Å². The highest BCUT2D eigenvalue weighted by molar-refractivity contribution is 8.00. The van der Waals surface area contributed by atoms with Crippen molar-refractivity contribution in [3.63, 3.8) is 0 Å². The average molecular weight is 531 g/mol. The number of nitrogens with zero attached hydrogens (tertiary/aromatic N) is 1. The molecule has 0 aliphatic heterocycles. The van der Waals surface area contributed by atoms with Gasteiger partial charge < -0.3 is 14.6 Å². The van der Waals surface area contributed by atoms with Crippen LogP contribution in [0.1, 0.15) is 61.7 Å². The van der Waals surface area contributed by atoms with E-state index in [2.05, 4.69) is 121 Å². The zero-order chi connectivity index (χ0) is 28.0. The minimum absolute atomic E-state index is 0.0838. The van der Waals surface area contributed by atoms with Crippen molar-refractivity contribution in [1.82, 2.24) is 4.98 Å². The Morgan fingerprint density at radius 2 is 1.61 bits per heavy atom. The second kappa shape index (κ2) is 12.5. The van der Waals surface area contributed by atoms with Crippen molar-refractivity contribution in [3.8, 4) is 11.1 Å². The number of hydrogen-bond acceptors (Lipinski definition) is 5. The van der Waals surface area contributed by atoms with E-state index in [1.165, 1.54) is 38.6 Å². The molecule has 2 N–H and O–H groups in total. The zero-order valence-corrected chi connectivity index (χ0v) is 24.4. The number of nitrogens with one attached hydrogen (secondary N) is 1. The molecule has 200 valence electrons. The van der Waals surface area contributed by atoms with E-state index >= 15 is 0 Å². The number of benzene rings is 3. The molecule has 1 heterocycles. The molecule has 0 amide bonds. The van der Waals surface area contributed by atoms with Crippen molar-refractivity contribution in [2.75, 3.05) is 4.72 Å². The Morgan fingerprint density at radius 1 is 0.947 bits per heavy atom. The number of carbonyl (C=O) groups is 1. The molecule has 6 heteroatoms. The van der Waals surface area contributed by atoms with E-state index < -0.39 is 0 Å². The molecule has 1 atom stereocenters. The van der Waals surface area contributed by atoms with Crippen LogP contribution in [-0.4, -0.2) is 22.2 Å². The van der Waals surface area contributed by atoms with E-state index in [1.807, 2.05) is 0 Å². The van der Waals surface area contributed by atoms with Crippen LogP contribution in [-0.2, 0) is 9.53 Å². The summed E-state index contributed by atoms with van der Waals surface area (Å²) in [5.74, 6) is 0.882. The third-order valence-corrected chi connectivity index (χ3v) is 7.17. The number of anilines is 1. The Morgan fingerprint density at radius 3 is 2.24 bits per heavy atom. The predicted molar refractivity (Wildman–Crippen MR) is 160 cm³/mol. The van der Waals surface area contributed by atoms with Gasteiger partial charge in [0, 0.05) is 16.2 Å². The molecule has 0 saturated carbocycles. The minimum Gasteiger partial charge on any atom is -0.483 e. The van der Waals surface area contributed by atoms with Gasteiger partial charge in [0.15, 0.2) is 0 Å². The molecule has 0 fully saturated rings. The van der Waals surface area contributed by atoms with Crippen molar-refractivity contribution in [2.45, 2.75) is 72.0 Å². The first-order valence-corrected chi connectivity index (χ1v) is 13.5. The van der Waals surface area contributed by atoms with E-state index in [-0.39, 0.29) is 18.2 Å². The van der Waals surface area contributed by atoms with Crippen LogP contribution in [0.5, 0.6) is 0 Å². The van der Waals surface area contributed by atoms with Crippen LogP contribution < -0.4 is 4.72 Å². The normalized spacial score (nSPS) is 12.0. The summed E-state index contributed by atoms with van der Waals surface area (Å²) in [4.78, 5) is 14.5. The zero-order valence-electron chi connectivity index (χ0n) is 23.5. The van der Waals surface area contributed by atoms with E-state index in [9.17, 15) is 0 Å². The van der Waals surface area contributed by atoms with Crippen molar-refractivity contribution >= 4 is 35.0 Å². The summed E-state index contributed by atoms with van der Waals surface area (Å²) < 4.78 is 10.0. The molecule has 4 aromatic rings. The molecule has 1 unspecified atom stereocenters. The van der Waals surface area contributed by atoms with Gasteiger partial charge in [-0.15, -0.1) is 0 Å². The molecule has 0 spiro atoms. The number of carboxylic acid groups (broad SMARTS) is 1. The van der Waals surface area contributed by atoms with Crippen LogP contribution in [0.4, 0.5) is 5.82 Å². The highest BCUT2D eigenvalue weighted by Crippen LogP contribution is 2.40. The predicted octanol–water partition coefficient (Wildman–Crippen LogP) is 8.83. The van der Waals surface area contributed by atoms with E-state index in [0.29, 0.717) is 0 Å². The largest absolute Gasteiger partial charge is 0.483 e. The van der Waals surface area contributed by atoms with E-state index in [0.717, 1.165) is 22.0 Å². The smallest absolute Gasteiger partial charge is 0.290 e. The Labute approximate surface area is 230 Å². The molecule has 38 heavy (non-hydrogen) atoms. The fourth-order valence-corrected chi connectivity index (χ4v) is 5.35. The molecule has 0 aliphatic rings. The molecule has 5 nitrogen and oxygen atoms in total. The molecule has 0 saturated heterocycles. The lowest BCUT2D eigenvalue weighted by Crippen LogP contribution is -2.22. The van der Waals surface area contributed by atoms with E-state index in [1.54, 1.807) is 11.9 Å². The van der Waals surface area contributed by atoms with Gasteiger partial charge in [-0.2, -0.15) is 0 Å². The number of rotatable bonds is 6. The van der Waals surface area contributed by atoms with Crippen LogP contribution in [0.2, 0.25) is 0 Å². The highest BCUT2D eigenvalue weighted by Gasteiger charge is 2.25. The summed E-state index contributed by atoms with van der Waals surface area (Å²) in [7, 11) is 0. The molecular weight excluding hydrogens is 492 g/mol. The van der Waals surface area contributed by atoms with Crippen molar-refractivity contribution in [2.24, 2.45) is 0 Å². The SMILES string of the molecule is Cc1ccc(-c2c(C)nc(NSc3ccc4ccccc4c3)c(C)c2C(C)OC(C)(C)C)cc1C.O=CO. The highest BCUT2D eigenvalue weighted by atomic mass is 32.2. The Kier molecular flexibility index (Phi) is 9.58. The summed E-state index contributed by atoms with van der Waals surface area (Å²) >= 11 is 1.60. The summed E-state index contributed by atoms with van der Waals surface area (Å²) in [5.41, 5.74) is 7.99. The van der Waals surface area contributed by atoms with Gasteiger partial charge in [-0.1, -0.05) is 48.5 Å². The van der Waals surface area contributed by atoms with Crippen LogP contribution in [0.15, 0.2) is 65.6 Å². The molecule has 4 rings (SSSR count). The summed E-state index contributed by atoms with van der Waals surface area (Å²) in [6, 6.07) is 21.6. The van der Waals surface area contributed by atoms with Crippen LogP contribution >= 0.6 is 11.9 Å². The number of hydrogen-bond donors (Lipinski definition) is 2. The van der Waals surface area contributed by atoms with Gasteiger partial charge in [0.2, 0.25) is 0 Å². The number of aromatic nitrogens is 1. The average Bonchev–Trinajstić information content (AvgIpc) is 2.85. The lowest BCUT2D eigenvalue weighted by molar-refractivity contribution is -0.122. The monoisotopic (exact) mass is 530 g/mol. The molecule has 3 aromatic carbocycles. The minimum atomic E-state index is -0.253. The summed E-state index contributed by atoms with van der Waals surface area (Å²) in [6.07, 6.45) is -0.0838. The first kappa shape index (κ1) is 29.2. The molecular formula is C32H38N2O3S. The van der Waals surface area contributed by atoms with Crippen LogP contribution in [0.3, 0.4) is 0 Å². The van der Waals surface area contributed by atoms with Crippen molar-refractivity contribution < 1.29 is 14.6 Å². The van der Waals surface area contributed by atoms with Gasteiger partial charge >= 0.3 is 0 Å². The molecule has 0 radical (unpaired) electrons. The fraction of sp³-hybridized carbons (Fsp3) is 0.312. The Balaban J connectivity index is 0.00000127.